The minimum Gasteiger partial charge on any atom is -0.454 e. The number of fused-ring (bicyclic) bond motifs is 2. The van der Waals surface area contributed by atoms with E-state index in [-0.39, 0.29) is 11.5 Å². The van der Waals surface area contributed by atoms with Crippen LogP contribution in [0.4, 0.5) is 10.5 Å². The Morgan fingerprint density at radius 2 is 1.85 bits per heavy atom. The van der Waals surface area contributed by atoms with Gasteiger partial charge < -0.3 is 23.4 Å². The van der Waals surface area contributed by atoms with Crippen LogP contribution in [0.25, 0.3) is 28.1 Å². The Morgan fingerprint density at radius 3 is 2.58 bits per heavy atom. The summed E-state index contributed by atoms with van der Waals surface area (Å²) in [6, 6.07) is 12.9. The van der Waals surface area contributed by atoms with Crippen molar-refractivity contribution in [3.05, 3.63) is 65.1 Å². The maximum Gasteiger partial charge on any atom is 0.410 e. The standard InChI is InChI=1S/C25H26N4O4/c1-25(2,3)33-24(31)28-12-10-27(11-13-28)17-7-8-21-18(14-17)20(30)15-22(32-21)19-16-29-9-5-4-6-23(29)26-19/h4-9,14-16H,10-13H2,1-3H3. The highest BCUT2D eigenvalue weighted by atomic mass is 16.6. The van der Waals surface area contributed by atoms with Crippen LogP contribution < -0.4 is 10.3 Å². The summed E-state index contributed by atoms with van der Waals surface area (Å²) in [4.78, 5) is 33.6. The van der Waals surface area contributed by atoms with E-state index in [4.69, 9.17) is 9.15 Å². The van der Waals surface area contributed by atoms with E-state index in [1.54, 1.807) is 4.90 Å². The van der Waals surface area contributed by atoms with E-state index in [0.717, 1.165) is 11.3 Å². The Bertz CT molecular complexity index is 1360. The van der Waals surface area contributed by atoms with Gasteiger partial charge in [0, 0.05) is 50.3 Å². The number of piperazine rings is 1. The number of carbonyl (C=O) groups is 1. The Hall–Kier alpha value is -3.81. The molecule has 4 heterocycles. The van der Waals surface area contributed by atoms with Gasteiger partial charge in [-0.2, -0.15) is 0 Å². The second kappa shape index (κ2) is 7.95. The number of pyridine rings is 1. The third kappa shape index (κ3) is 4.28. The van der Waals surface area contributed by atoms with Crippen LogP contribution in [-0.2, 0) is 4.74 Å². The summed E-state index contributed by atoms with van der Waals surface area (Å²) >= 11 is 0. The van der Waals surface area contributed by atoms with E-state index < -0.39 is 5.60 Å². The molecule has 1 aromatic carbocycles. The van der Waals surface area contributed by atoms with Crippen LogP contribution in [0.5, 0.6) is 0 Å². The summed E-state index contributed by atoms with van der Waals surface area (Å²) in [5.41, 5.74) is 2.23. The number of amides is 1. The highest BCUT2D eigenvalue weighted by molar-refractivity contribution is 5.82. The zero-order valence-corrected chi connectivity index (χ0v) is 18.9. The molecule has 1 aliphatic rings. The molecule has 170 valence electrons. The first-order chi connectivity index (χ1) is 15.8. The molecule has 0 unspecified atom stereocenters. The van der Waals surface area contributed by atoms with Crippen LogP contribution in [0.2, 0.25) is 0 Å². The van der Waals surface area contributed by atoms with Crippen molar-refractivity contribution in [3.63, 3.8) is 0 Å². The number of imidazole rings is 1. The van der Waals surface area contributed by atoms with Crippen LogP contribution >= 0.6 is 0 Å². The van der Waals surface area contributed by atoms with E-state index in [9.17, 15) is 9.59 Å². The highest BCUT2D eigenvalue weighted by Crippen LogP contribution is 2.26. The monoisotopic (exact) mass is 446 g/mol. The van der Waals surface area contributed by atoms with Gasteiger partial charge in [-0.15, -0.1) is 0 Å². The van der Waals surface area contributed by atoms with Crippen molar-refractivity contribution in [2.45, 2.75) is 26.4 Å². The van der Waals surface area contributed by atoms with Gasteiger partial charge in [-0.3, -0.25) is 4.79 Å². The van der Waals surface area contributed by atoms with Gasteiger partial charge in [0.15, 0.2) is 11.2 Å². The fourth-order valence-electron chi connectivity index (χ4n) is 3.99. The maximum atomic E-state index is 12.9. The molecule has 1 amide bonds. The molecule has 1 aliphatic heterocycles. The van der Waals surface area contributed by atoms with Crippen molar-refractivity contribution in [1.29, 1.82) is 0 Å². The Kier molecular flexibility index (Phi) is 5.08. The van der Waals surface area contributed by atoms with Gasteiger partial charge in [-0.05, 0) is 51.1 Å². The summed E-state index contributed by atoms with van der Waals surface area (Å²) in [5, 5.41) is 0.523. The maximum absolute atomic E-state index is 12.9. The summed E-state index contributed by atoms with van der Waals surface area (Å²) in [6.07, 6.45) is 3.46. The Morgan fingerprint density at radius 1 is 1.06 bits per heavy atom. The summed E-state index contributed by atoms with van der Waals surface area (Å²) < 4.78 is 13.4. The smallest absolute Gasteiger partial charge is 0.410 e. The molecule has 0 aliphatic carbocycles. The second-order valence-corrected chi connectivity index (χ2v) is 9.20. The van der Waals surface area contributed by atoms with Gasteiger partial charge in [0.2, 0.25) is 0 Å². The van der Waals surface area contributed by atoms with Crippen LogP contribution in [0.3, 0.4) is 0 Å². The lowest BCUT2D eigenvalue weighted by Crippen LogP contribution is -2.50. The van der Waals surface area contributed by atoms with Crippen LogP contribution in [0.15, 0.2) is 64.1 Å². The molecule has 0 saturated carbocycles. The third-order valence-corrected chi connectivity index (χ3v) is 5.62. The summed E-state index contributed by atoms with van der Waals surface area (Å²) in [6.45, 7) is 8.04. The van der Waals surface area contributed by atoms with Crippen molar-refractivity contribution in [3.8, 4) is 11.5 Å². The molecule has 0 bridgehead atoms. The number of anilines is 1. The van der Waals surface area contributed by atoms with Crippen molar-refractivity contribution >= 4 is 28.4 Å². The van der Waals surface area contributed by atoms with E-state index in [1.807, 2.05) is 74.0 Å². The molecular formula is C25H26N4O4. The zero-order valence-electron chi connectivity index (χ0n) is 18.9. The predicted molar refractivity (Wildman–Crippen MR) is 127 cm³/mol. The average Bonchev–Trinajstić information content (AvgIpc) is 3.22. The molecule has 1 saturated heterocycles. The van der Waals surface area contributed by atoms with Crippen LogP contribution in [0.1, 0.15) is 20.8 Å². The molecular weight excluding hydrogens is 420 g/mol. The third-order valence-electron chi connectivity index (χ3n) is 5.62. The molecule has 5 rings (SSSR count). The van der Waals surface area contributed by atoms with Gasteiger partial charge in [-0.25, -0.2) is 9.78 Å². The molecule has 8 nitrogen and oxygen atoms in total. The number of ether oxygens (including phenoxy) is 1. The molecule has 0 N–H and O–H groups in total. The van der Waals surface area contributed by atoms with Gasteiger partial charge in [0.05, 0.1) is 5.39 Å². The Balaban J connectivity index is 1.36. The number of rotatable bonds is 2. The van der Waals surface area contributed by atoms with Crippen LogP contribution in [-0.4, -0.2) is 52.2 Å². The van der Waals surface area contributed by atoms with Crippen molar-refractivity contribution in [2.75, 3.05) is 31.1 Å². The zero-order chi connectivity index (χ0) is 23.2. The average molecular weight is 447 g/mol. The predicted octanol–water partition coefficient (Wildman–Crippen LogP) is 4.16. The SMILES string of the molecule is CC(C)(C)OC(=O)N1CCN(c2ccc3oc(-c4cn5ccccc5n4)cc(=O)c3c2)CC1. The largest absolute Gasteiger partial charge is 0.454 e. The first-order valence-electron chi connectivity index (χ1n) is 11.0. The minimum absolute atomic E-state index is 0.113. The van der Waals surface area contributed by atoms with Gasteiger partial charge in [0.1, 0.15) is 22.5 Å². The van der Waals surface area contributed by atoms with Gasteiger partial charge >= 0.3 is 6.09 Å². The molecule has 8 heteroatoms. The van der Waals surface area contributed by atoms with E-state index in [0.29, 0.717) is 48.6 Å². The molecule has 0 radical (unpaired) electrons. The molecule has 3 aromatic heterocycles. The topological polar surface area (TPSA) is 80.3 Å². The molecule has 4 aromatic rings. The van der Waals surface area contributed by atoms with Crippen molar-refractivity contribution in [2.24, 2.45) is 0 Å². The molecule has 33 heavy (non-hydrogen) atoms. The minimum atomic E-state index is -0.511. The quantitative estimate of drug-likeness (QED) is 0.460. The lowest BCUT2D eigenvalue weighted by Gasteiger charge is -2.36. The van der Waals surface area contributed by atoms with Crippen molar-refractivity contribution < 1.29 is 13.9 Å². The molecule has 0 spiro atoms. The van der Waals surface area contributed by atoms with E-state index in [1.165, 1.54) is 6.07 Å². The summed E-state index contributed by atoms with van der Waals surface area (Å²) in [7, 11) is 0. The number of carbonyl (C=O) groups excluding carboxylic acids is 1. The number of nitrogens with zero attached hydrogens (tertiary/aromatic N) is 4. The normalized spacial score (nSPS) is 14.8. The fraction of sp³-hybridized carbons (Fsp3) is 0.320. The highest BCUT2D eigenvalue weighted by Gasteiger charge is 2.26. The van der Waals surface area contributed by atoms with E-state index in [2.05, 4.69) is 9.88 Å². The molecule has 1 fully saturated rings. The molecule has 0 atom stereocenters. The lowest BCUT2D eigenvalue weighted by atomic mass is 10.1. The second-order valence-electron chi connectivity index (χ2n) is 9.20. The first kappa shape index (κ1) is 21.1. The summed E-state index contributed by atoms with van der Waals surface area (Å²) in [5.74, 6) is 0.440. The first-order valence-corrected chi connectivity index (χ1v) is 11.0. The van der Waals surface area contributed by atoms with Crippen LogP contribution in [0, 0.1) is 0 Å². The van der Waals surface area contributed by atoms with E-state index >= 15 is 0 Å². The number of hydrogen-bond donors (Lipinski definition) is 0. The number of hydrogen-bond acceptors (Lipinski definition) is 6. The number of aromatic nitrogens is 2. The fourth-order valence-corrected chi connectivity index (χ4v) is 3.99. The Labute approximate surface area is 191 Å². The van der Waals surface area contributed by atoms with Gasteiger partial charge in [-0.1, -0.05) is 6.07 Å². The van der Waals surface area contributed by atoms with Gasteiger partial charge in [0.25, 0.3) is 0 Å². The van der Waals surface area contributed by atoms with Crippen molar-refractivity contribution in [1.82, 2.24) is 14.3 Å². The number of benzene rings is 1. The lowest BCUT2D eigenvalue weighted by molar-refractivity contribution is 0.0240.